The van der Waals surface area contributed by atoms with Gasteiger partial charge < -0.3 is 0 Å². The molecule has 1 N–H and O–H groups in total. The summed E-state index contributed by atoms with van der Waals surface area (Å²) in [6.07, 6.45) is 3.06. The Kier molecular flexibility index (Phi) is 5.14. The van der Waals surface area contributed by atoms with Gasteiger partial charge in [0.2, 0.25) is 0 Å². The molecule has 0 fully saturated rings. The Bertz CT molecular complexity index is 118. The van der Waals surface area contributed by atoms with E-state index >= 15 is 0 Å². The van der Waals surface area contributed by atoms with Crippen molar-refractivity contribution in [3.8, 4) is 0 Å². The Labute approximate surface area is 64.8 Å². The van der Waals surface area contributed by atoms with Gasteiger partial charge in [-0.05, 0) is 0 Å². The molecule has 0 aromatic carbocycles. The molecular formula is C6H15AsO3. The average molecular weight is 210 g/mol. The first-order valence-corrected chi connectivity index (χ1v) is 7.76. The van der Waals surface area contributed by atoms with Gasteiger partial charge in [-0.1, -0.05) is 0 Å². The zero-order valence-electron chi connectivity index (χ0n) is 6.54. The van der Waals surface area contributed by atoms with Gasteiger partial charge in [-0.25, -0.2) is 0 Å². The van der Waals surface area contributed by atoms with Crippen molar-refractivity contribution in [2.24, 2.45) is 0 Å². The Morgan fingerprint density at radius 1 is 1.50 bits per heavy atom. The van der Waals surface area contributed by atoms with Crippen LogP contribution in [0.2, 0.25) is 5.71 Å². The first-order chi connectivity index (χ1) is 4.56. The van der Waals surface area contributed by atoms with Crippen LogP contribution in [-0.4, -0.2) is 24.9 Å². The molecule has 3 nitrogen and oxygen atoms in total. The van der Waals surface area contributed by atoms with E-state index in [0.29, 0.717) is 6.61 Å². The molecule has 0 saturated carbocycles. The van der Waals surface area contributed by atoms with Crippen molar-refractivity contribution in [1.82, 2.24) is 0 Å². The first kappa shape index (κ1) is 10.3. The summed E-state index contributed by atoms with van der Waals surface area (Å²) in [6, 6.07) is 0. The fourth-order valence-corrected chi connectivity index (χ4v) is 1.57. The topological polar surface area (TPSA) is 46.5 Å². The van der Waals surface area contributed by atoms with E-state index in [-0.39, 0.29) is 0 Å². The van der Waals surface area contributed by atoms with E-state index < -0.39 is 14.2 Å². The Hall–Kier alpha value is 0.278. The molecule has 0 saturated heterocycles. The summed E-state index contributed by atoms with van der Waals surface area (Å²) in [5.74, 6) is 0. The maximum absolute atomic E-state index is 10.6. The molecule has 0 bridgehead atoms. The third-order valence-electron chi connectivity index (χ3n) is 1.08. The van der Waals surface area contributed by atoms with Crippen molar-refractivity contribution >= 4 is 14.2 Å². The predicted octanol–water partition coefficient (Wildman–Crippen LogP) is 1.18. The SMILES string of the molecule is CCCCCO[As](C)(=O)O. The summed E-state index contributed by atoms with van der Waals surface area (Å²) in [6.45, 7) is 2.51. The van der Waals surface area contributed by atoms with E-state index in [1.54, 1.807) is 0 Å². The summed E-state index contributed by atoms with van der Waals surface area (Å²) in [7, 11) is 0. The molecule has 0 amide bonds. The second kappa shape index (κ2) is 5.00. The van der Waals surface area contributed by atoms with Gasteiger partial charge in [0.05, 0.1) is 0 Å². The number of hydrogen-bond acceptors (Lipinski definition) is 2. The van der Waals surface area contributed by atoms with E-state index in [1.807, 2.05) is 0 Å². The van der Waals surface area contributed by atoms with Crippen molar-refractivity contribution in [2.45, 2.75) is 31.9 Å². The molecule has 0 aromatic heterocycles. The summed E-state index contributed by atoms with van der Waals surface area (Å²) in [5.41, 5.74) is 1.27. The van der Waals surface area contributed by atoms with E-state index in [2.05, 4.69) is 6.92 Å². The maximum atomic E-state index is 10.6. The summed E-state index contributed by atoms with van der Waals surface area (Å²) in [4.78, 5) is 0. The van der Waals surface area contributed by atoms with Gasteiger partial charge in [-0.15, -0.1) is 0 Å². The van der Waals surface area contributed by atoms with Crippen LogP contribution in [0.25, 0.3) is 0 Å². The molecule has 0 aliphatic carbocycles. The molecule has 0 spiro atoms. The normalized spacial score (nSPS) is 16.7. The second-order valence-corrected chi connectivity index (χ2v) is 6.25. The zero-order valence-corrected chi connectivity index (χ0v) is 8.42. The molecule has 1 atom stereocenters. The van der Waals surface area contributed by atoms with E-state index in [4.69, 9.17) is 7.82 Å². The van der Waals surface area contributed by atoms with E-state index in [0.717, 1.165) is 19.3 Å². The third-order valence-corrected chi connectivity index (χ3v) is 2.47. The molecule has 62 valence electrons. The fourth-order valence-electron chi connectivity index (χ4n) is 0.586. The van der Waals surface area contributed by atoms with Crippen LogP contribution in [0.4, 0.5) is 0 Å². The monoisotopic (exact) mass is 210 g/mol. The van der Waals surface area contributed by atoms with Crippen LogP contribution in [-0.2, 0) is 7.47 Å². The van der Waals surface area contributed by atoms with Gasteiger partial charge in [-0.2, -0.15) is 0 Å². The molecular weight excluding hydrogens is 195 g/mol. The quantitative estimate of drug-likeness (QED) is 0.547. The first-order valence-electron chi connectivity index (χ1n) is 3.51. The van der Waals surface area contributed by atoms with Crippen molar-refractivity contribution in [3.05, 3.63) is 0 Å². The van der Waals surface area contributed by atoms with E-state index in [9.17, 15) is 3.74 Å². The average Bonchev–Trinajstić information content (AvgIpc) is 1.78. The van der Waals surface area contributed by atoms with Crippen LogP contribution >= 0.6 is 0 Å². The molecule has 0 aliphatic rings. The second-order valence-electron chi connectivity index (χ2n) is 2.34. The van der Waals surface area contributed by atoms with Crippen LogP contribution in [0.3, 0.4) is 0 Å². The van der Waals surface area contributed by atoms with Gasteiger partial charge in [0.15, 0.2) is 0 Å². The van der Waals surface area contributed by atoms with Gasteiger partial charge in [0.1, 0.15) is 0 Å². The summed E-state index contributed by atoms with van der Waals surface area (Å²) in [5, 5.41) is 0. The molecule has 10 heavy (non-hydrogen) atoms. The Balaban J connectivity index is 3.13. The fraction of sp³-hybridized carbons (Fsp3) is 1.00. The minimum atomic E-state index is -3.76. The van der Waals surface area contributed by atoms with Crippen LogP contribution in [0.1, 0.15) is 26.2 Å². The molecule has 4 heteroatoms. The number of unbranched alkanes of at least 4 members (excludes halogenated alkanes) is 2. The Morgan fingerprint density at radius 2 is 2.10 bits per heavy atom. The van der Waals surface area contributed by atoms with Crippen molar-refractivity contribution in [1.29, 1.82) is 0 Å². The van der Waals surface area contributed by atoms with Crippen LogP contribution in [0, 0.1) is 0 Å². The summed E-state index contributed by atoms with van der Waals surface area (Å²) < 4.78 is 24.0. The van der Waals surface area contributed by atoms with Crippen molar-refractivity contribution in [2.75, 3.05) is 6.61 Å². The Morgan fingerprint density at radius 3 is 2.50 bits per heavy atom. The van der Waals surface area contributed by atoms with Crippen molar-refractivity contribution < 1.29 is 11.6 Å². The van der Waals surface area contributed by atoms with Gasteiger partial charge in [0, 0.05) is 0 Å². The van der Waals surface area contributed by atoms with Crippen molar-refractivity contribution in [3.63, 3.8) is 0 Å². The van der Waals surface area contributed by atoms with Crippen LogP contribution in [0.15, 0.2) is 0 Å². The molecule has 0 heterocycles. The molecule has 1 unspecified atom stereocenters. The molecule has 0 aromatic rings. The number of rotatable bonds is 5. The minimum absolute atomic E-state index is 0.428. The summed E-state index contributed by atoms with van der Waals surface area (Å²) >= 11 is -3.76. The number of hydrogen-bond donors (Lipinski definition) is 1. The van der Waals surface area contributed by atoms with Gasteiger partial charge in [0.25, 0.3) is 0 Å². The predicted molar refractivity (Wildman–Crippen MR) is 40.0 cm³/mol. The standard InChI is InChI=1S/C6H15AsO3/c1-3-4-5-6-10-7(2,8)9/h3-6H2,1-2H3,(H,8,9). The van der Waals surface area contributed by atoms with Crippen LogP contribution < -0.4 is 0 Å². The third kappa shape index (κ3) is 8.28. The molecule has 0 aliphatic heterocycles. The van der Waals surface area contributed by atoms with Gasteiger partial charge >= 0.3 is 64.2 Å². The van der Waals surface area contributed by atoms with E-state index in [1.165, 1.54) is 5.71 Å². The zero-order chi connectivity index (χ0) is 8.04. The molecule has 0 radical (unpaired) electrons. The van der Waals surface area contributed by atoms with Gasteiger partial charge in [-0.3, -0.25) is 0 Å². The molecule has 0 rings (SSSR count). The van der Waals surface area contributed by atoms with Crippen LogP contribution in [0.5, 0.6) is 0 Å².